The van der Waals surface area contributed by atoms with Crippen LogP contribution in [0.3, 0.4) is 0 Å². The van der Waals surface area contributed by atoms with Crippen molar-refractivity contribution >= 4 is 17.6 Å². The molecule has 1 aromatic heterocycles. The van der Waals surface area contributed by atoms with Gasteiger partial charge >= 0.3 is 5.97 Å². The van der Waals surface area contributed by atoms with Crippen LogP contribution in [0.2, 0.25) is 5.02 Å². The van der Waals surface area contributed by atoms with Crippen LogP contribution in [0.25, 0.3) is 0 Å². The van der Waals surface area contributed by atoms with Crippen LogP contribution in [0.15, 0.2) is 6.07 Å². The topological polar surface area (TPSA) is 59.4 Å². The summed E-state index contributed by atoms with van der Waals surface area (Å²) in [6.45, 7) is 0. The highest BCUT2D eigenvalue weighted by molar-refractivity contribution is 6.33. The van der Waals surface area contributed by atoms with Crippen LogP contribution in [0.4, 0.5) is 8.78 Å². The average Bonchev–Trinajstić information content (AvgIpc) is 2.16. The minimum absolute atomic E-state index is 0.247. The Balaban J connectivity index is 3.29. The number of rotatable bonds is 2. The minimum Gasteiger partial charge on any atom is -0.506 e. The van der Waals surface area contributed by atoms with Crippen LogP contribution in [0.1, 0.15) is 22.6 Å². The number of nitrogens with zero attached hydrogens (tertiary/aromatic N) is 1. The van der Waals surface area contributed by atoms with Gasteiger partial charge in [-0.3, -0.25) is 0 Å². The van der Waals surface area contributed by atoms with E-state index >= 15 is 0 Å². The van der Waals surface area contributed by atoms with Gasteiger partial charge in [0.15, 0.2) is 5.69 Å². The van der Waals surface area contributed by atoms with Crippen molar-refractivity contribution in [3.05, 3.63) is 22.5 Å². The van der Waals surface area contributed by atoms with E-state index in [0.717, 1.165) is 13.2 Å². The maximum absolute atomic E-state index is 12.3. The Morgan fingerprint density at radius 2 is 2.27 bits per heavy atom. The van der Waals surface area contributed by atoms with Gasteiger partial charge in [0.2, 0.25) is 0 Å². The van der Waals surface area contributed by atoms with Gasteiger partial charge in [-0.05, 0) is 0 Å². The standard InChI is InChI=1S/C8H6ClF2NO3/c1-15-8(14)5-3(9)2-4(13)6(12-5)7(10)11/h2,7,13H,1H3. The Kier molecular flexibility index (Phi) is 3.41. The van der Waals surface area contributed by atoms with E-state index in [0.29, 0.717) is 0 Å². The van der Waals surface area contributed by atoms with E-state index < -0.39 is 29.5 Å². The molecule has 0 bridgehead atoms. The van der Waals surface area contributed by atoms with Crippen LogP contribution in [0.5, 0.6) is 5.75 Å². The molecule has 0 unspecified atom stereocenters. The van der Waals surface area contributed by atoms with Crippen molar-refractivity contribution in [1.29, 1.82) is 0 Å². The lowest BCUT2D eigenvalue weighted by Crippen LogP contribution is -2.07. The van der Waals surface area contributed by atoms with Crippen molar-refractivity contribution in [2.24, 2.45) is 0 Å². The zero-order valence-corrected chi connectivity index (χ0v) is 8.26. The molecule has 0 aliphatic carbocycles. The van der Waals surface area contributed by atoms with Gasteiger partial charge in [-0.25, -0.2) is 18.6 Å². The summed E-state index contributed by atoms with van der Waals surface area (Å²) in [5, 5.41) is 8.82. The van der Waals surface area contributed by atoms with Crippen LogP contribution in [-0.2, 0) is 4.74 Å². The molecule has 0 fully saturated rings. The van der Waals surface area contributed by atoms with Gasteiger partial charge in [0.05, 0.1) is 12.1 Å². The predicted octanol–water partition coefficient (Wildman–Crippen LogP) is 2.16. The number of hydrogen-bond acceptors (Lipinski definition) is 4. The lowest BCUT2D eigenvalue weighted by atomic mass is 10.2. The molecule has 0 spiro atoms. The molecule has 1 rings (SSSR count). The summed E-state index contributed by atoms with van der Waals surface area (Å²) >= 11 is 5.51. The van der Waals surface area contributed by atoms with Gasteiger partial charge in [-0.2, -0.15) is 0 Å². The van der Waals surface area contributed by atoms with Crippen molar-refractivity contribution in [1.82, 2.24) is 4.98 Å². The second-order valence-electron chi connectivity index (χ2n) is 2.52. The van der Waals surface area contributed by atoms with E-state index in [1.165, 1.54) is 0 Å². The Bertz CT molecular complexity index is 398. The number of pyridine rings is 1. The van der Waals surface area contributed by atoms with E-state index in [1.807, 2.05) is 0 Å². The first kappa shape index (κ1) is 11.6. The van der Waals surface area contributed by atoms with Crippen molar-refractivity contribution in [2.45, 2.75) is 6.43 Å². The molecule has 15 heavy (non-hydrogen) atoms. The van der Waals surface area contributed by atoms with E-state index in [-0.39, 0.29) is 5.02 Å². The number of hydrogen-bond donors (Lipinski definition) is 1. The number of carbonyl (C=O) groups is 1. The second kappa shape index (κ2) is 4.39. The molecule has 0 atom stereocenters. The highest BCUT2D eigenvalue weighted by Gasteiger charge is 2.21. The zero-order valence-electron chi connectivity index (χ0n) is 7.50. The molecule has 82 valence electrons. The fraction of sp³-hybridized carbons (Fsp3) is 0.250. The number of methoxy groups -OCH3 is 1. The number of esters is 1. The van der Waals surface area contributed by atoms with Crippen LogP contribution in [-0.4, -0.2) is 23.2 Å². The molecule has 1 heterocycles. The molecule has 0 saturated heterocycles. The summed E-state index contributed by atoms with van der Waals surface area (Å²) < 4.78 is 28.9. The molecule has 0 aromatic carbocycles. The first-order valence-corrected chi connectivity index (χ1v) is 4.11. The van der Waals surface area contributed by atoms with Gasteiger partial charge < -0.3 is 9.84 Å². The molecule has 0 aliphatic rings. The molecule has 0 radical (unpaired) electrons. The van der Waals surface area contributed by atoms with Crippen LogP contribution in [0, 0.1) is 0 Å². The molecule has 7 heteroatoms. The largest absolute Gasteiger partial charge is 0.506 e. The summed E-state index contributed by atoms with van der Waals surface area (Å²) in [5.74, 6) is -1.70. The zero-order chi connectivity index (χ0) is 11.6. The third kappa shape index (κ3) is 2.33. The second-order valence-corrected chi connectivity index (χ2v) is 2.92. The number of ether oxygens (including phenoxy) is 1. The highest BCUT2D eigenvalue weighted by Crippen LogP contribution is 2.30. The summed E-state index contributed by atoms with van der Waals surface area (Å²) in [5.41, 5.74) is -1.35. The highest BCUT2D eigenvalue weighted by atomic mass is 35.5. The lowest BCUT2D eigenvalue weighted by molar-refractivity contribution is 0.0592. The Morgan fingerprint density at radius 3 is 2.73 bits per heavy atom. The summed E-state index contributed by atoms with van der Waals surface area (Å²) in [4.78, 5) is 14.3. The number of carbonyl (C=O) groups excluding carboxylic acids is 1. The van der Waals surface area contributed by atoms with Gasteiger partial charge in [-0.1, -0.05) is 11.6 Å². The third-order valence-corrected chi connectivity index (χ3v) is 1.86. The van der Waals surface area contributed by atoms with Crippen molar-refractivity contribution in [3.63, 3.8) is 0 Å². The van der Waals surface area contributed by atoms with E-state index in [2.05, 4.69) is 9.72 Å². The number of alkyl halides is 2. The molecule has 0 aliphatic heterocycles. The van der Waals surface area contributed by atoms with Crippen molar-refractivity contribution in [3.8, 4) is 5.75 Å². The molecule has 0 amide bonds. The van der Waals surface area contributed by atoms with Crippen LogP contribution >= 0.6 is 11.6 Å². The van der Waals surface area contributed by atoms with Gasteiger partial charge in [0.1, 0.15) is 11.4 Å². The fourth-order valence-corrected chi connectivity index (χ4v) is 1.12. The normalized spacial score (nSPS) is 10.5. The smallest absolute Gasteiger partial charge is 0.358 e. The lowest BCUT2D eigenvalue weighted by Gasteiger charge is -2.06. The quantitative estimate of drug-likeness (QED) is 0.801. The molecular formula is C8H6ClF2NO3. The Morgan fingerprint density at radius 1 is 1.67 bits per heavy atom. The minimum atomic E-state index is -2.99. The number of halogens is 3. The van der Waals surface area contributed by atoms with Gasteiger partial charge in [0.25, 0.3) is 6.43 Å². The number of aromatic hydroxyl groups is 1. The maximum atomic E-state index is 12.3. The fourth-order valence-electron chi connectivity index (χ4n) is 0.894. The Hall–Kier alpha value is -1.43. The Labute approximate surface area is 88.4 Å². The molecule has 0 saturated carbocycles. The van der Waals surface area contributed by atoms with E-state index in [9.17, 15) is 13.6 Å². The first-order valence-electron chi connectivity index (χ1n) is 3.73. The van der Waals surface area contributed by atoms with Gasteiger partial charge in [0, 0.05) is 6.07 Å². The van der Waals surface area contributed by atoms with Crippen LogP contribution < -0.4 is 0 Å². The van der Waals surface area contributed by atoms with E-state index in [1.54, 1.807) is 0 Å². The summed E-state index contributed by atoms with van der Waals surface area (Å²) in [7, 11) is 1.06. The average molecular weight is 238 g/mol. The van der Waals surface area contributed by atoms with Crippen molar-refractivity contribution < 1.29 is 23.4 Å². The number of aromatic nitrogens is 1. The SMILES string of the molecule is COC(=O)c1nc(C(F)F)c(O)cc1Cl. The summed E-state index contributed by atoms with van der Waals surface area (Å²) in [6.07, 6.45) is -2.99. The van der Waals surface area contributed by atoms with Gasteiger partial charge in [-0.15, -0.1) is 0 Å². The third-order valence-electron chi connectivity index (χ3n) is 1.57. The summed E-state index contributed by atoms with van der Waals surface area (Å²) in [6, 6.07) is 0.822. The molecule has 1 N–H and O–H groups in total. The van der Waals surface area contributed by atoms with E-state index in [4.69, 9.17) is 16.7 Å². The molecule has 4 nitrogen and oxygen atoms in total. The van der Waals surface area contributed by atoms with Crippen molar-refractivity contribution in [2.75, 3.05) is 7.11 Å². The first-order chi connectivity index (χ1) is 6.97. The molecule has 1 aromatic rings. The monoisotopic (exact) mass is 237 g/mol. The predicted molar refractivity (Wildman–Crippen MR) is 47.2 cm³/mol. The maximum Gasteiger partial charge on any atom is 0.358 e. The molecular weight excluding hydrogens is 232 g/mol.